The zero-order valence-corrected chi connectivity index (χ0v) is 13.1. The van der Waals surface area contributed by atoms with Crippen molar-refractivity contribution >= 4 is 11.8 Å². The number of hydrogen-bond donors (Lipinski definition) is 0. The average Bonchev–Trinajstić information content (AvgIpc) is 2.52. The van der Waals surface area contributed by atoms with E-state index in [4.69, 9.17) is 4.74 Å². The van der Waals surface area contributed by atoms with Crippen LogP contribution in [0.15, 0.2) is 22.8 Å². The zero-order chi connectivity index (χ0) is 15.1. The van der Waals surface area contributed by atoms with Crippen LogP contribution in [0, 0.1) is 11.8 Å². The number of rotatable bonds is 2. The smallest absolute Gasteiger partial charge is 0.303 e. The number of allylic oxidation sites excluding steroid dienone is 3. The molecule has 2 aliphatic rings. The van der Waals surface area contributed by atoms with Crippen LogP contribution >= 0.6 is 0 Å². The lowest BCUT2D eigenvalue weighted by Crippen LogP contribution is -2.39. The van der Waals surface area contributed by atoms with Crippen molar-refractivity contribution in [3.05, 3.63) is 22.8 Å². The topological polar surface area (TPSA) is 43.4 Å². The molecule has 2 rings (SSSR count). The monoisotopic (exact) mass is 276 g/mol. The summed E-state index contributed by atoms with van der Waals surface area (Å²) in [5.41, 5.74) is 2.70. The molecule has 0 heterocycles. The average molecular weight is 276 g/mol. The number of ether oxygens (including phenoxy) is 1. The summed E-state index contributed by atoms with van der Waals surface area (Å²) in [5, 5.41) is 0. The van der Waals surface area contributed by atoms with E-state index in [1.807, 2.05) is 13.8 Å². The van der Waals surface area contributed by atoms with Gasteiger partial charge in [0.1, 0.15) is 5.60 Å². The van der Waals surface area contributed by atoms with E-state index in [2.05, 4.69) is 19.9 Å². The van der Waals surface area contributed by atoms with Gasteiger partial charge >= 0.3 is 5.97 Å². The van der Waals surface area contributed by atoms with E-state index >= 15 is 0 Å². The highest BCUT2D eigenvalue weighted by Gasteiger charge is 2.45. The second-order valence-electron chi connectivity index (χ2n) is 6.54. The third-order valence-corrected chi connectivity index (χ3v) is 4.72. The van der Waals surface area contributed by atoms with E-state index in [-0.39, 0.29) is 17.7 Å². The van der Waals surface area contributed by atoms with Crippen LogP contribution in [0.2, 0.25) is 0 Å². The maximum absolute atomic E-state index is 12.1. The minimum Gasteiger partial charge on any atom is -0.459 e. The van der Waals surface area contributed by atoms with Crippen LogP contribution in [0.5, 0.6) is 0 Å². The molecule has 20 heavy (non-hydrogen) atoms. The molecule has 110 valence electrons. The Morgan fingerprint density at radius 2 is 2.10 bits per heavy atom. The van der Waals surface area contributed by atoms with Crippen LogP contribution in [-0.2, 0) is 14.3 Å². The maximum Gasteiger partial charge on any atom is 0.303 e. The van der Waals surface area contributed by atoms with Gasteiger partial charge in [-0.1, -0.05) is 25.5 Å². The van der Waals surface area contributed by atoms with E-state index < -0.39 is 5.60 Å². The lowest BCUT2D eigenvalue weighted by Gasteiger charge is -2.34. The molecule has 0 saturated carbocycles. The third-order valence-electron chi connectivity index (χ3n) is 4.72. The zero-order valence-electron chi connectivity index (χ0n) is 13.1. The van der Waals surface area contributed by atoms with Crippen LogP contribution < -0.4 is 0 Å². The van der Waals surface area contributed by atoms with E-state index in [1.165, 1.54) is 12.5 Å². The first-order valence-corrected chi connectivity index (χ1v) is 7.38. The Hall–Kier alpha value is -1.38. The summed E-state index contributed by atoms with van der Waals surface area (Å²) in [4.78, 5) is 23.5. The van der Waals surface area contributed by atoms with Crippen molar-refractivity contribution in [2.45, 2.75) is 59.5 Å². The highest BCUT2D eigenvalue weighted by molar-refractivity contribution is 5.99. The van der Waals surface area contributed by atoms with Crippen molar-refractivity contribution in [1.29, 1.82) is 0 Å². The number of carbonyl (C=O) groups excluding carboxylic acids is 2. The molecule has 0 aliphatic heterocycles. The van der Waals surface area contributed by atoms with Crippen LogP contribution in [0.1, 0.15) is 53.9 Å². The van der Waals surface area contributed by atoms with Gasteiger partial charge in [-0.05, 0) is 43.8 Å². The molecule has 0 fully saturated rings. The number of esters is 1. The molecule has 0 aromatic rings. The number of carbonyl (C=O) groups is 2. The summed E-state index contributed by atoms with van der Waals surface area (Å²) in [6.45, 7) is 9.65. The summed E-state index contributed by atoms with van der Waals surface area (Å²) < 4.78 is 5.64. The van der Waals surface area contributed by atoms with Crippen LogP contribution in [0.25, 0.3) is 0 Å². The standard InChI is InChI=1S/C17H24O3/c1-10(2)13-6-7-17(5,20-12(4)18)15-9-16(19)11(3)14(15)8-13/h8,10,15H,6-7,9H2,1-5H3/t15-,17-/m1/s1. The molecule has 2 aliphatic carbocycles. The van der Waals surface area contributed by atoms with E-state index in [0.29, 0.717) is 12.3 Å². The van der Waals surface area contributed by atoms with Gasteiger partial charge in [-0.3, -0.25) is 9.59 Å². The summed E-state index contributed by atoms with van der Waals surface area (Å²) in [7, 11) is 0. The largest absolute Gasteiger partial charge is 0.459 e. The van der Waals surface area contributed by atoms with Crippen molar-refractivity contribution in [1.82, 2.24) is 0 Å². The van der Waals surface area contributed by atoms with Gasteiger partial charge in [0, 0.05) is 19.3 Å². The van der Waals surface area contributed by atoms with Gasteiger partial charge in [0.2, 0.25) is 0 Å². The minimum atomic E-state index is -0.568. The predicted octanol–water partition coefficient (Wildman–Crippen LogP) is 3.59. The number of Topliss-reactive ketones (excluding diaryl/α,β-unsaturated/α-hetero) is 1. The second kappa shape index (κ2) is 5.19. The summed E-state index contributed by atoms with van der Waals surface area (Å²) in [6.07, 6.45) is 4.35. The predicted molar refractivity (Wildman–Crippen MR) is 78.1 cm³/mol. The van der Waals surface area contributed by atoms with Gasteiger partial charge in [-0.25, -0.2) is 0 Å². The van der Waals surface area contributed by atoms with Crippen molar-refractivity contribution < 1.29 is 14.3 Å². The molecule has 0 bridgehead atoms. The highest BCUT2D eigenvalue weighted by Crippen LogP contribution is 2.46. The maximum atomic E-state index is 12.1. The summed E-state index contributed by atoms with van der Waals surface area (Å²) >= 11 is 0. The molecule has 0 amide bonds. The van der Waals surface area contributed by atoms with Crippen LogP contribution in [-0.4, -0.2) is 17.4 Å². The molecule has 0 spiro atoms. The third kappa shape index (κ3) is 2.58. The van der Waals surface area contributed by atoms with Gasteiger partial charge < -0.3 is 4.74 Å². The first-order chi connectivity index (χ1) is 9.24. The first-order valence-electron chi connectivity index (χ1n) is 7.38. The highest BCUT2D eigenvalue weighted by atomic mass is 16.6. The quantitative estimate of drug-likeness (QED) is 0.724. The van der Waals surface area contributed by atoms with Crippen LogP contribution in [0.3, 0.4) is 0 Å². The Morgan fingerprint density at radius 1 is 1.45 bits per heavy atom. The van der Waals surface area contributed by atoms with E-state index in [9.17, 15) is 9.59 Å². The van der Waals surface area contributed by atoms with Gasteiger partial charge in [0.15, 0.2) is 5.78 Å². The fourth-order valence-electron chi connectivity index (χ4n) is 3.37. The first kappa shape index (κ1) is 15.0. The number of ketones is 1. The van der Waals surface area contributed by atoms with Crippen molar-refractivity contribution in [2.24, 2.45) is 11.8 Å². The lowest BCUT2D eigenvalue weighted by atomic mass is 9.82. The normalized spacial score (nSPS) is 30.2. The van der Waals surface area contributed by atoms with Gasteiger partial charge in [-0.15, -0.1) is 0 Å². The SMILES string of the molecule is CC(=O)O[C@]1(C)CCC(C(C)C)=CC2=C(C)C(=O)C[C@H]21. The van der Waals surface area contributed by atoms with E-state index in [0.717, 1.165) is 24.0 Å². The molecule has 0 aromatic heterocycles. The Balaban J connectivity index is 2.47. The number of fused-ring (bicyclic) bond motifs is 1. The molecule has 0 radical (unpaired) electrons. The molecular formula is C17H24O3. The van der Waals surface area contributed by atoms with Crippen molar-refractivity contribution in [3.63, 3.8) is 0 Å². The fraction of sp³-hybridized carbons (Fsp3) is 0.647. The van der Waals surface area contributed by atoms with Gasteiger partial charge in [0.05, 0.1) is 0 Å². The Kier molecular flexibility index (Phi) is 3.90. The van der Waals surface area contributed by atoms with Crippen molar-refractivity contribution in [3.8, 4) is 0 Å². The van der Waals surface area contributed by atoms with Gasteiger partial charge in [-0.2, -0.15) is 0 Å². The summed E-state index contributed by atoms with van der Waals surface area (Å²) in [5.74, 6) is 0.378. The van der Waals surface area contributed by atoms with Gasteiger partial charge in [0.25, 0.3) is 0 Å². The fourth-order valence-corrected chi connectivity index (χ4v) is 3.37. The summed E-state index contributed by atoms with van der Waals surface area (Å²) in [6, 6.07) is 0. The second-order valence-corrected chi connectivity index (χ2v) is 6.54. The van der Waals surface area contributed by atoms with Crippen LogP contribution in [0.4, 0.5) is 0 Å². The minimum absolute atomic E-state index is 0.00940. The molecule has 2 atom stereocenters. The van der Waals surface area contributed by atoms with E-state index in [1.54, 1.807) is 0 Å². The molecule has 0 N–H and O–H groups in total. The molecule has 0 aromatic carbocycles. The Morgan fingerprint density at radius 3 is 2.65 bits per heavy atom. The molecular weight excluding hydrogens is 252 g/mol. The number of hydrogen-bond acceptors (Lipinski definition) is 3. The molecule has 3 nitrogen and oxygen atoms in total. The molecule has 0 saturated heterocycles. The molecule has 0 unspecified atom stereocenters. The lowest BCUT2D eigenvalue weighted by molar-refractivity contribution is -0.160. The Labute approximate surface area is 121 Å². The Bertz CT molecular complexity index is 510. The van der Waals surface area contributed by atoms with Crippen molar-refractivity contribution in [2.75, 3.05) is 0 Å². The molecule has 3 heteroatoms.